The lowest BCUT2D eigenvalue weighted by Crippen LogP contribution is -2.23. The standard InChI is InChI=1S/C24H22ClN7/c1-2-31(15-5-14-26)18-12-10-17(11-13-18)27-22-21(19-6-3-4-7-20(19)25)29-32-24(22)28-23(30-32)16-8-9-16/h3-4,6-7,10-13,16H,2,5,8-9,15H2,1H3. The second-order valence-electron chi connectivity index (χ2n) is 7.85. The van der Waals surface area contributed by atoms with Crippen LogP contribution >= 0.6 is 11.6 Å². The molecule has 2 aromatic carbocycles. The van der Waals surface area contributed by atoms with E-state index in [9.17, 15) is 0 Å². The van der Waals surface area contributed by atoms with Gasteiger partial charge in [-0.25, -0.2) is 9.98 Å². The van der Waals surface area contributed by atoms with E-state index in [2.05, 4.69) is 28.1 Å². The molecule has 3 aromatic rings. The summed E-state index contributed by atoms with van der Waals surface area (Å²) in [5.74, 6) is 1.91. The number of benzene rings is 2. The van der Waals surface area contributed by atoms with Crippen LogP contribution in [0, 0.1) is 11.3 Å². The Balaban J connectivity index is 1.52. The molecule has 0 saturated heterocycles. The van der Waals surface area contributed by atoms with E-state index >= 15 is 0 Å². The molecule has 0 atom stereocenters. The summed E-state index contributed by atoms with van der Waals surface area (Å²) in [6.45, 7) is 3.63. The van der Waals surface area contributed by atoms with Crippen molar-refractivity contribution in [1.82, 2.24) is 14.9 Å². The number of anilines is 1. The van der Waals surface area contributed by atoms with Gasteiger partial charge in [-0.2, -0.15) is 5.26 Å². The Morgan fingerprint density at radius 2 is 1.97 bits per heavy atom. The minimum Gasteiger partial charge on any atom is -0.371 e. The maximum absolute atomic E-state index is 8.89. The van der Waals surface area contributed by atoms with Crippen LogP contribution in [0.4, 0.5) is 11.4 Å². The summed E-state index contributed by atoms with van der Waals surface area (Å²) in [5.41, 5.74) is 4.00. The minimum atomic E-state index is 0.432. The van der Waals surface area contributed by atoms with Crippen LogP contribution in [0.3, 0.4) is 0 Å². The van der Waals surface area contributed by atoms with E-state index in [1.165, 1.54) is 0 Å². The molecule has 8 heteroatoms. The number of aromatic nitrogens is 3. The van der Waals surface area contributed by atoms with Crippen molar-refractivity contribution >= 4 is 34.4 Å². The average Bonchev–Trinajstić information content (AvgIpc) is 3.50. The highest BCUT2D eigenvalue weighted by molar-refractivity contribution is 6.56. The number of hydrogen-bond donors (Lipinski definition) is 0. The normalized spacial score (nSPS) is 16.0. The van der Waals surface area contributed by atoms with Crippen molar-refractivity contribution in [2.24, 2.45) is 10.1 Å². The average molecular weight is 444 g/mol. The largest absolute Gasteiger partial charge is 0.371 e. The number of fused-ring (bicyclic) bond motifs is 1. The summed E-state index contributed by atoms with van der Waals surface area (Å²) < 4.78 is 0. The highest BCUT2D eigenvalue weighted by atomic mass is 35.5. The quantitative estimate of drug-likeness (QED) is 0.518. The molecule has 160 valence electrons. The first-order valence-electron chi connectivity index (χ1n) is 10.8. The van der Waals surface area contributed by atoms with Gasteiger partial charge in [-0.3, -0.25) is 0 Å². The van der Waals surface area contributed by atoms with Crippen LogP contribution in [-0.4, -0.2) is 39.4 Å². The molecular formula is C24H22ClN7. The SMILES string of the molecule is CCN(CCC#N)c1ccc(N=C2C(c3ccccc3Cl)=Nn3nc(C4CC4)nc32)cc1. The van der Waals surface area contributed by atoms with Crippen molar-refractivity contribution in [3.8, 4) is 6.07 Å². The lowest BCUT2D eigenvalue weighted by atomic mass is 10.1. The van der Waals surface area contributed by atoms with Gasteiger partial charge in [0.25, 0.3) is 0 Å². The van der Waals surface area contributed by atoms with E-state index in [1.54, 1.807) is 4.79 Å². The summed E-state index contributed by atoms with van der Waals surface area (Å²) in [6.07, 6.45) is 2.74. The Morgan fingerprint density at radius 3 is 2.66 bits per heavy atom. The van der Waals surface area contributed by atoms with Crippen molar-refractivity contribution in [3.05, 3.63) is 70.8 Å². The first-order valence-corrected chi connectivity index (χ1v) is 11.2. The van der Waals surface area contributed by atoms with Crippen LogP contribution in [0.5, 0.6) is 0 Å². The van der Waals surface area contributed by atoms with Gasteiger partial charge < -0.3 is 4.90 Å². The maximum atomic E-state index is 8.89. The van der Waals surface area contributed by atoms with Gasteiger partial charge in [0, 0.05) is 30.3 Å². The Kier molecular flexibility index (Phi) is 5.46. The van der Waals surface area contributed by atoms with Crippen LogP contribution in [-0.2, 0) is 0 Å². The number of rotatable bonds is 7. The zero-order valence-electron chi connectivity index (χ0n) is 17.7. The smallest absolute Gasteiger partial charge is 0.204 e. The zero-order valence-corrected chi connectivity index (χ0v) is 18.5. The molecule has 1 saturated carbocycles. The van der Waals surface area contributed by atoms with Gasteiger partial charge in [-0.15, -0.1) is 15.0 Å². The van der Waals surface area contributed by atoms with Crippen molar-refractivity contribution in [2.75, 3.05) is 18.0 Å². The molecule has 0 unspecified atom stereocenters. The number of hydrogen-bond acceptors (Lipinski definition) is 6. The van der Waals surface area contributed by atoms with Crippen LogP contribution in [0.15, 0.2) is 58.6 Å². The van der Waals surface area contributed by atoms with E-state index in [1.807, 2.05) is 48.5 Å². The molecule has 0 bridgehead atoms. The number of halogens is 1. The summed E-state index contributed by atoms with van der Waals surface area (Å²) >= 11 is 6.47. The molecule has 0 amide bonds. The molecule has 0 spiro atoms. The topological polar surface area (TPSA) is 82.5 Å². The maximum Gasteiger partial charge on any atom is 0.204 e. The predicted molar refractivity (Wildman–Crippen MR) is 126 cm³/mol. The van der Waals surface area contributed by atoms with Gasteiger partial charge in [0.05, 0.1) is 23.2 Å². The summed E-state index contributed by atoms with van der Waals surface area (Å²) in [7, 11) is 0. The molecule has 5 rings (SSSR count). The van der Waals surface area contributed by atoms with Gasteiger partial charge in [0.15, 0.2) is 5.82 Å². The Morgan fingerprint density at radius 1 is 1.19 bits per heavy atom. The van der Waals surface area contributed by atoms with Crippen LogP contribution in [0.2, 0.25) is 5.02 Å². The van der Waals surface area contributed by atoms with Gasteiger partial charge >= 0.3 is 0 Å². The number of aliphatic imine (C=N–C) groups is 1. The zero-order chi connectivity index (χ0) is 22.1. The third-order valence-electron chi connectivity index (χ3n) is 5.64. The van der Waals surface area contributed by atoms with Gasteiger partial charge in [0.1, 0.15) is 11.4 Å². The fraction of sp³-hybridized carbons (Fsp3) is 0.292. The third-order valence-corrected chi connectivity index (χ3v) is 5.97. The molecular weight excluding hydrogens is 422 g/mol. The van der Waals surface area contributed by atoms with Gasteiger partial charge in [-0.1, -0.05) is 29.8 Å². The molecule has 0 N–H and O–H groups in total. The van der Waals surface area contributed by atoms with Crippen molar-refractivity contribution < 1.29 is 0 Å². The molecule has 0 radical (unpaired) electrons. The number of nitrogens with zero attached hydrogens (tertiary/aromatic N) is 7. The first kappa shape index (κ1) is 20.4. The van der Waals surface area contributed by atoms with E-state index in [0.29, 0.717) is 41.2 Å². The molecule has 32 heavy (non-hydrogen) atoms. The van der Waals surface area contributed by atoms with E-state index < -0.39 is 0 Å². The Hall–Kier alpha value is -3.50. The van der Waals surface area contributed by atoms with Gasteiger partial charge in [-0.05, 0) is 50.1 Å². The van der Waals surface area contributed by atoms with Crippen LogP contribution in [0.25, 0.3) is 0 Å². The minimum absolute atomic E-state index is 0.432. The fourth-order valence-electron chi connectivity index (χ4n) is 3.76. The molecule has 1 aliphatic heterocycles. The second kappa shape index (κ2) is 8.56. The fourth-order valence-corrected chi connectivity index (χ4v) is 3.98. The molecule has 7 nitrogen and oxygen atoms in total. The Bertz CT molecular complexity index is 1250. The summed E-state index contributed by atoms with van der Waals surface area (Å²) in [5, 5.41) is 18.8. The summed E-state index contributed by atoms with van der Waals surface area (Å²) in [6, 6.07) is 17.8. The van der Waals surface area contributed by atoms with E-state index in [4.69, 9.17) is 26.8 Å². The van der Waals surface area contributed by atoms with E-state index in [-0.39, 0.29) is 0 Å². The van der Waals surface area contributed by atoms with Crippen LogP contribution < -0.4 is 4.90 Å². The molecule has 1 aliphatic carbocycles. The van der Waals surface area contributed by atoms with Crippen molar-refractivity contribution in [1.29, 1.82) is 5.26 Å². The lowest BCUT2D eigenvalue weighted by Gasteiger charge is -2.21. The van der Waals surface area contributed by atoms with Crippen molar-refractivity contribution in [2.45, 2.75) is 32.1 Å². The third kappa shape index (κ3) is 3.90. The van der Waals surface area contributed by atoms with Crippen LogP contribution in [0.1, 0.15) is 49.3 Å². The summed E-state index contributed by atoms with van der Waals surface area (Å²) in [4.78, 5) is 13.4. The second-order valence-corrected chi connectivity index (χ2v) is 8.26. The lowest BCUT2D eigenvalue weighted by molar-refractivity contribution is 0.726. The first-order chi connectivity index (χ1) is 15.7. The van der Waals surface area contributed by atoms with E-state index in [0.717, 1.165) is 42.1 Å². The predicted octanol–water partition coefficient (Wildman–Crippen LogP) is 4.94. The molecule has 1 fully saturated rings. The molecule has 2 aliphatic rings. The number of nitriles is 1. The highest BCUT2D eigenvalue weighted by Gasteiger charge is 2.34. The Labute approximate surface area is 191 Å². The van der Waals surface area contributed by atoms with Gasteiger partial charge in [0.2, 0.25) is 5.82 Å². The molecule has 1 aromatic heterocycles. The molecule has 2 heterocycles. The highest BCUT2D eigenvalue weighted by Crippen LogP contribution is 2.38. The monoisotopic (exact) mass is 443 g/mol. The van der Waals surface area contributed by atoms with Crippen molar-refractivity contribution in [3.63, 3.8) is 0 Å².